The molecule has 2 N–H and O–H groups in total. The van der Waals surface area contributed by atoms with Crippen molar-refractivity contribution in [2.45, 2.75) is 13.3 Å². The number of rotatable bonds is 3. The predicted molar refractivity (Wildman–Crippen MR) is 87.4 cm³/mol. The van der Waals surface area contributed by atoms with Crippen molar-refractivity contribution in [2.24, 2.45) is 0 Å². The molecule has 0 saturated carbocycles. The van der Waals surface area contributed by atoms with Crippen LogP contribution in [0.15, 0.2) is 30.3 Å². The normalized spacial score (nSPS) is 15.2. The molecule has 0 aliphatic carbocycles. The number of benzene rings is 1. The molecule has 1 aliphatic rings. The van der Waals surface area contributed by atoms with Crippen LogP contribution < -0.4 is 5.32 Å². The molecule has 5 heteroatoms. The summed E-state index contributed by atoms with van der Waals surface area (Å²) in [5.41, 5.74) is 2.14. The van der Waals surface area contributed by atoms with Crippen LogP contribution in [0.3, 0.4) is 0 Å². The van der Waals surface area contributed by atoms with Crippen molar-refractivity contribution < 1.29 is 0 Å². The van der Waals surface area contributed by atoms with Gasteiger partial charge in [-0.2, -0.15) is 0 Å². The molecule has 1 aromatic carbocycles. The second kappa shape index (κ2) is 6.37. The Labute approximate surface area is 129 Å². The summed E-state index contributed by atoms with van der Waals surface area (Å²) in [6, 6.07) is 10.4. The molecule has 21 heavy (non-hydrogen) atoms. The van der Waals surface area contributed by atoms with Gasteiger partial charge in [-0.25, -0.2) is 4.98 Å². The van der Waals surface area contributed by atoms with Crippen molar-refractivity contribution in [3.05, 3.63) is 51.5 Å². The monoisotopic (exact) mass is 300 g/mol. The van der Waals surface area contributed by atoms with E-state index >= 15 is 0 Å². The smallest absolute Gasteiger partial charge is 0.148 e. The third kappa shape index (κ3) is 3.31. The van der Waals surface area contributed by atoms with Gasteiger partial charge in [0.2, 0.25) is 0 Å². The molecule has 0 unspecified atom stereocenters. The van der Waals surface area contributed by atoms with Gasteiger partial charge < -0.3 is 10.2 Å². The predicted octanol–water partition coefficient (Wildman–Crippen LogP) is 2.27. The number of nitrogens with one attached hydrogen (secondary N) is 2. The van der Waals surface area contributed by atoms with E-state index in [2.05, 4.69) is 39.5 Å². The minimum absolute atomic E-state index is 0.576. The van der Waals surface area contributed by atoms with Crippen molar-refractivity contribution in [2.75, 3.05) is 26.2 Å². The molecule has 1 aliphatic heterocycles. The Hall–Kier alpha value is -1.72. The average molecular weight is 300 g/mol. The fraction of sp³-hybridized carbons (Fsp3) is 0.375. The molecular formula is C16H20N4S. The Bertz CT molecular complexity index is 614. The maximum absolute atomic E-state index is 8.49. The largest absolute Gasteiger partial charge is 0.353 e. The van der Waals surface area contributed by atoms with Crippen LogP contribution in [0.4, 0.5) is 0 Å². The van der Waals surface area contributed by atoms with Gasteiger partial charge in [-0.3, -0.25) is 5.41 Å². The summed E-state index contributed by atoms with van der Waals surface area (Å²) in [4.78, 5) is 7.93. The third-order valence-electron chi connectivity index (χ3n) is 3.67. The standard InChI is InChI=1S/C16H20N4S/c1-12-19-15(16(17)20-9-7-18-8-10-20)14(21-12)11-13-5-3-2-4-6-13/h2-6,17-18H,7-11H2,1H3. The van der Waals surface area contributed by atoms with Crippen molar-refractivity contribution in [1.29, 1.82) is 5.41 Å². The van der Waals surface area contributed by atoms with Crippen LogP contribution in [0, 0.1) is 12.3 Å². The van der Waals surface area contributed by atoms with E-state index in [-0.39, 0.29) is 0 Å². The van der Waals surface area contributed by atoms with Gasteiger partial charge >= 0.3 is 0 Å². The first kappa shape index (κ1) is 14.2. The van der Waals surface area contributed by atoms with Gasteiger partial charge in [0.1, 0.15) is 11.5 Å². The number of hydrogen-bond acceptors (Lipinski definition) is 4. The molecule has 0 atom stereocenters. The molecule has 0 spiro atoms. The highest BCUT2D eigenvalue weighted by Crippen LogP contribution is 2.23. The van der Waals surface area contributed by atoms with Crippen LogP contribution in [-0.4, -0.2) is 41.9 Å². The van der Waals surface area contributed by atoms with E-state index in [1.54, 1.807) is 11.3 Å². The Balaban J connectivity index is 1.83. The lowest BCUT2D eigenvalue weighted by Gasteiger charge is -2.29. The zero-order valence-electron chi connectivity index (χ0n) is 12.2. The van der Waals surface area contributed by atoms with E-state index in [1.807, 2.05) is 13.0 Å². The van der Waals surface area contributed by atoms with Crippen molar-refractivity contribution in [3.63, 3.8) is 0 Å². The number of nitrogens with zero attached hydrogens (tertiary/aromatic N) is 2. The van der Waals surface area contributed by atoms with Gasteiger partial charge in [-0.15, -0.1) is 11.3 Å². The summed E-state index contributed by atoms with van der Waals surface area (Å²) in [7, 11) is 0. The molecule has 4 nitrogen and oxygen atoms in total. The zero-order valence-corrected chi connectivity index (χ0v) is 13.0. The minimum Gasteiger partial charge on any atom is -0.353 e. The molecular weight excluding hydrogens is 280 g/mol. The third-order valence-corrected chi connectivity index (χ3v) is 4.64. The lowest BCUT2D eigenvalue weighted by molar-refractivity contribution is 0.355. The number of aryl methyl sites for hydroxylation is 1. The second-order valence-electron chi connectivity index (χ2n) is 5.25. The SMILES string of the molecule is Cc1nc(C(=N)N2CCNCC2)c(Cc2ccccc2)s1. The van der Waals surface area contributed by atoms with Crippen molar-refractivity contribution >= 4 is 17.2 Å². The zero-order chi connectivity index (χ0) is 14.7. The molecule has 0 bridgehead atoms. The fourth-order valence-corrected chi connectivity index (χ4v) is 3.56. The van der Waals surface area contributed by atoms with Gasteiger partial charge in [0.25, 0.3) is 0 Å². The number of amidine groups is 1. The molecule has 0 radical (unpaired) electrons. The van der Waals surface area contributed by atoms with E-state index in [0.29, 0.717) is 5.84 Å². The summed E-state index contributed by atoms with van der Waals surface area (Å²) in [5, 5.41) is 12.8. The molecule has 2 aromatic rings. The van der Waals surface area contributed by atoms with E-state index in [4.69, 9.17) is 5.41 Å². The molecule has 110 valence electrons. The molecule has 3 rings (SSSR count). The molecule has 1 fully saturated rings. The van der Waals surface area contributed by atoms with Crippen LogP contribution in [0.25, 0.3) is 0 Å². The summed E-state index contributed by atoms with van der Waals surface area (Å²) in [5.74, 6) is 0.576. The van der Waals surface area contributed by atoms with Gasteiger partial charge in [-0.05, 0) is 12.5 Å². The van der Waals surface area contributed by atoms with Crippen LogP contribution in [0.5, 0.6) is 0 Å². The van der Waals surface area contributed by atoms with Gasteiger partial charge in [0.15, 0.2) is 0 Å². The Morgan fingerprint density at radius 3 is 2.71 bits per heavy atom. The Morgan fingerprint density at radius 1 is 1.29 bits per heavy atom. The Kier molecular flexibility index (Phi) is 4.31. The fourth-order valence-electron chi connectivity index (χ4n) is 2.59. The first-order valence-corrected chi connectivity index (χ1v) is 8.10. The van der Waals surface area contributed by atoms with E-state index in [9.17, 15) is 0 Å². The van der Waals surface area contributed by atoms with Crippen LogP contribution in [0.1, 0.15) is 21.1 Å². The molecule has 1 saturated heterocycles. The van der Waals surface area contributed by atoms with Gasteiger partial charge in [0, 0.05) is 37.5 Å². The Morgan fingerprint density at radius 2 is 2.00 bits per heavy atom. The van der Waals surface area contributed by atoms with Gasteiger partial charge in [0.05, 0.1) is 5.01 Å². The quantitative estimate of drug-likeness (QED) is 0.675. The average Bonchev–Trinajstić information content (AvgIpc) is 2.89. The number of piperazine rings is 1. The van der Waals surface area contributed by atoms with Gasteiger partial charge in [-0.1, -0.05) is 30.3 Å². The second-order valence-corrected chi connectivity index (χ2v) is 6.54. The lowest BCUT2D eigenvalue weighted by atomic mass is 10.1. The topological polar surface area (TPSA) is 52.0 Å². The highest BCUT2D eigenvalue weighted by Gasteiger charge is 2.20. The maximum Gasteiger partial charge on any atom is 0.148 e. The van der Waals surface area contributed by atoms with E-state index < -0.39 is 0 Å². The van der Waals surface area contributed by atoms with E-state index in [1.165, 1.54) is 10.4 Å². The van der Waals surface area contributed by atoms with Crippen LogP contribution in [-0.2, 0) is 6.42 Å². The summed E-state index contributed by atoms with van der Waals surface area (Å²) in [6.45, 7) is 5.69. The maximum atomic E-state index is 8.49. The first-order chi connectivity index (χ1) is 10.2. The first-order valence-electron chi connectivity index (χ1n) is 7.29. The number of hydrogen-bond donors (Lipinski definition) is 2. The molecule has 1 aromatic heterocycles. The molecule has 2 heterocycles. The van der Waals surface area contributed by atoms with Crippen LogP contribution >= 0.6 is 11.3 Å². The number of thiazole rings is 1. The van der Waals surface area contributed by atoms with E-state index in [0.717, 1.165) is 43.3 Å². The highest BCUT2D eigenvalue weighted by molar-refractivity contribution is 7.11. The summed E-state index contributed by atoms with van der Waals surface area (Å²) < 4.78 is 0. The minimum atomic E-state index is 0.576. The van der Waals surface area contributed by atoms with Crippen molar-refractivity contribution in [1.82, 2.24) is 15.2 Å². The molecule has 0 amide bonds. The summed E-state index contributed by atoms with van der Waals surface area (Å²) >= 11 is 1.71. The highest BCUT2D eigenvalue weighted by atomic mass is 32.1. The summed E-state index contributed by atoms with van der Waals surface area (Å²) in [6.07, 6.45) is 0.857. The lowest BCUT2D eigenvalue weighted by Crippen LogP contribution is -2.46. The van der Waals surface area contributed by atoms with Crippen molar-refractivity contribution in [3.8, 4) is 0 Å². The number of aromatic nitrogens is 1. The van der Waals surface area contributed by atoms with Crippen LogP contribution in [0.2, 0.25) is 0 Å².